The van der Waals surface area contributed by atoms with Crippen molar-refractivity contribution in [1.82, 2.24) is 4.90 Å². The molecule has 0 radical (unpaired) electrons. The molecule has 5 nitrogen and oxygen atoms in total. The van der Waals surface area contributed by atoms with Crippen LogP contribution in [0.2, 0.25) is 0 Å². The van der Waals surface area contributed by atoms with Crippen LogP contribution in [0.3, 0.4) is 0 Å². The van der Waals surface area contributed by atoms with Gasteiger partial charge in [-0.2, -0.15) is 0 Å². The molecular formula is C13H17BrN2O3. The van der Waals surface area contributed by atoms with E-state index >= 15 is 0 Å². The molecule has 0 aliphatic carbocycles. The highest BCUT2D eigenvalue weighted by molar-refractivity contribution is 9.10. The second-order valence-corrected chi connectivity index (χ2v) is 5.79. The number of piperidine rings is 1. The minimum atomic E-state index is -0.388. The van der Waals surface area contributed by atoms with Crippen molar-refractivity contribution in [3.05, 3.63) is 38.3 Å². The summed E-state index contributed by atoms with van der Waals surface area (Å²) in [5.74, 6) is 0.427. The number of benzene rings is 1. The molecule has 0 aromatic heterocycles. The van der Waals surface area contributed by atoms with Crippen LogP contribution in [-0.4, -0.2) is 34.6 Å². The van der Waals surface area contributed by atoms with Gasteiger partial charge in [-0.3, -0.25) is 15.0 Å². The number of non-ortho nitro benzene ring substituents is 1. The van der Waals surface area contributed by atoms with E-state index in [0.29, 0.717) is 5.92 Å². The zero-order valence-electron chi connectivity index (χ0n) is 10.6. The van der Waals surface area contributed by atoms with Crippen LogP contribution in [0, 0.1) is 16.0 Å². The second kappa shape index (κ2) is 6.45. The van der Waals surface area contributed by atoms with Gasteiger partial charge in [0.05, 0.1) is 4.92 Å². The number of halogens is 1. The molecule has 0 unspecified atom stereocenters. The molecule has 6 heteroatoms. The van der Waals surface area contributed by atoms with Crippen LogP contribution in [0.1, 0.15) is 18.4 Å². The van der Waals surface area contributed by atoms with Gasteiger partial charge in [0.15, 0.2) is 0 Å². The van der Waals surface area contributed by atoms with E-state index in [4.69, 9.17) is 5.11 Å². The Morgan fingerprint density at radius 1 is 1.42 bits per heavy atom. The van der Waals surface area contributed by atoms with Gasteiger partial charge < -0.3 is 5.11 Å². The smallest absolute Gasteiger partial charge is 0.270 e. The van der Waals surface area contributed by atoms with E-state index in [2.05, 4.69) is 20.8 Å². The molecule has 1 N–H and O–H groups in total. The number of likely N-dealkylation sites (tertiary alicyclic amines) is 1. The highest BCUT2D eigenvalue weighted by atomic mass is 79.9. The molecule has 1 aromatic carbocycles. The summed E-state index contributed by atoms with van der Waals surface area (Å²) in [4.78, 5) is 12.6. The maximum Gasteiger partial charge on any atom is 0.270 e. The summed E-state index contributed by atoms with van der Waals surface area (Å²) in [6.07, 6.45) is 2.03. The molecule has 0 spiro atoms. The second-order valence-electron chi connectivity index (χ2n) is 4.93. The summed E-state index contributed by atoms with van der Waals surface area (Å²) in [6, 6.07) is 4.90. The Kier molecular flexibility index (Phi) is 4.90. The number of rotatable bonds is 4. The Balaban J connectivity index is 1.98. The van der Waals surface area contributed by atoms with E-state index in [0.717, 1.165) is 42.5 Å². The fourth-order valence-electron chi connectivity index (χ4n) is 2.35. The third-order valence-electron chi connectivity index (χ3n) is 3.61. The maximum atomic E-state index is 10.7. The molecule has 19 heavy (non-hydrogen) atoms. The van der Waals surface area contributed by atoms with Crippen molar-refractivity contribution in [2.24, 2.45) is 5.92 Å². The highest BCUT2D eigenvalue weighted by Crippen LogP contribution is 2.26. The molecule has 0 atom stereocenters. The number of hydrogen-bond acceptors (Lipinski definition) is 4. The lowest BCUT2D eigenvalue weighted by molar-refractivity contribution is -0.384. The Bertz CT molecular complexity index is 459. The monoisotopic (exact) mass is 328 g/mol. The first-order valence-corrected chi connectivity index (χ1v) is 7.15. The van der Waals surface area contributed by atoms with Crippen LogP contribution in [0.4, 0.5) is 5.69 Å². The topological polar surface area (TPSA) is 66.6 Å². The third kappa shape index (κ3) is 3.75. The predicted molar refractivity (Wildman–Crippen MR) is 75.9 cm³/mol. The molecule has 104 valence electrons. The van der Waals surface area contributed by atoms with Gasteiger partial charge in [-0.1, -0.05) is 15.9 Å². The zero-order chi connectivity index (χ0) is 13.8. The summed E-state index contributed by atoms with van der Waals surface area (Å²) in [5.41, 5.74) is 1.17. The van der Waals surface area contributed by atoms with Crippen LogP contribution in [-0.2, 0) is 6.54 Å². The molecule has 1 aliphatic rings. The maximum absolute atomic E-state index is 10.7. The van der Waals surface area contributed by atoms with E-state index in [-0.39, 0.29) is 17.2 Å². The Labute approximate surface area is 120 Å². The normalized spacial score (nSPS) is 17.6. The number of aliphatic hydroxyl groups is 1. The zero-order valence-corrected chi connectivity index (χ0v) is 12.2. The molecule has 0 bridgehead atoms. The minimum absolute atomic E-state index is 0.106. The van der Waals surface area contributed by atoms with Gasteiger partial charge in [-0.05, 0) is 43.5 Å². The van der Waals surface area contributed by atoms with Crippen molar-refractivity contribution in [3.8, 4) is 0 Å². The summed E-state index contributed by atoms with van der Waals surface area (Å²) in [6.45, 7) is 3.00. The summed E-state index contributed by atoms with van der Waals surface area (Å²) >= 11 is 3.40. The summed E-state index contributed by atoms with van der Waals surface area (Å²) in [5, 5.41) is 19.8. The van der Waals surface area contributed by atoms with Gasteiger partial charge in [0.25, 0.3) is 5.69 Å². The highest BCUT2D eigenvalue weighted by Gasteiger charge is 2.19. The van der Waals surface area contributed by atoms with E-state index in [1.54, 1.807) is 18.2 Å². The van der Waals surface area contributed by atoms with Crippen molar-refractivity contribution in [2.45, 2.75) is 19.4 Å². The van der Waals surface area contributed by atoms with E-state index < -0.39 is 0 Å². The molecule has 1 heterocycles. The average molecular weight is 329 g/mol. The largest absolute Gasteiger partial charge is 0.396 e. The number of hydrogen-bond donors (Lipinski definition) is 1. The van der Waals surface area contributed by atoms with E-state index in [1.807, 2.05) is 0 Å². The summed E-state index contributed by atoms with van der Waals surface area (Å²) < 4.78 is 0.783. The lowest BCUT2D eigenvalue weighted by Crippen LogP contribution is -2.34. The standard InChI is InChI=1S/C13H17BrN2O3/c14-13-7-12(16(18)19)2-1-11(13)8-15-5-3-10(9-17)4-6-15/h1-2,7,10,17H,3-6,8-9H2. The van der Waals surface area contributed by atoms with E-state index in [1.165, 1.54) is 0 Å². The van der Waals surface area contributed by atoms with Crippen LogP contribution in [0.25, 0.3) is 0 Å². The average Bonchev–Trinajstić information content (AvgIpc) is 2.41. The number of nitro benzene ring substituents is 1. The van der Waals surface area contributed by atoms with Crippen molar-refractivity contribution in [2.75, 3.05) is 19.7 Å². The quantitative estimate of drug-likeness (QED) is 0.681. The van der Waals surface area contributed by atoms with Crippen LogP contribution in [0.5, 0.6) is 0 Å². The van der Waals surface area contributed by atoms with Crippen molar-refractivity contribution < 1.29 is 10.0 Å². The van der Waals surface area contributed by atoms with Crippen molar-refractivity contribution >= 4 is 21.6 Å². The van der Waals surface area contributed by atoms with Crippen molar-refractivity contribution in [3.63, 3.8) is 0 Å². The molecule has 1 fully saturated rings. The van der Waals surface area contributed by atoms with Crippen LogP contribution in [0.15, 0.2) is 22.7 Å². The third-order valence-corrected chi connectivity index (χ3v) is 4.34. The summed E-state index contributed by atoms with van der Waals surface area (Å²) in [7, 11) is 0. The lowest BCUT2D eigenvalue weighted by atomic mass is 9.97. The molecule has 2 rings (SSSR count). The minimum Gasteiger partial charge on any atom is -0.396 e. The van der Waals surface area contributed by atoms with Gasteiger partial charge in [0, 0.05) is 29.8 Å². The first kappa shape index (κ1) is 14.4. The molecular weight excluding hydrogens is 312 g/mol. The molecule has 1 saturated heterocycles. The van der Waals surface area contributed by atoms with Gasteiger partial charge in [0.2, 0.25) is 0 Å². The van der Waals surface area contributed by atoms with Gasteiger partial charge in [0.1, 0.15) is 0 Å². The molecule has 0 saturated carbocycles. The fraction of sp³-hybridized carbons (Fsp3) is 0.538. The van der Waals surface area contributed by atoms with Crippen LogP contribution >= 0.6 is 15.9 Å². The van der Waals surface area contributed by atoms with Crippen LogP contribution < -0.4 is 0 Å². The molecule has 1 aliphatic heterocycles. The van der Waals surface area contributed by atoms with Crippen molar-refractivity contribution in [1.29, 1.82) is 0 Å². The number of aliphatic hydroxyl groups excluding tert-OH is 1. The lowest BCUT2D eigenvalue weighted by Gasteiger charge is -2.31. The first-order valence-electron chi connectivity index (χ1n) is 6.36. The first-order chi connectivity index (χ1) is 9.10. The molecule has 1 aromatic rings. The van der Waals surface area contributed by atoms with Gasteiger partial charge >= 0.3 is 0 Å². The number of nitrogens with zero attached hydrogens (tertiary/aromatic N) is 2. The SMILES string of the molecule is O=[N+]([O-])c1ccc(CN2CCC(CO)CC2)c(Br)c1. The van der Waals surface area contributed by atoms with E-state index in [9.17, 15) is 10.1 Å². The Morgan fingerprint density at radius 2 is 2.11 bits per heavy atom. The Morgan fingerprint density at radius 3 is 2.63 bits per heavy atom. The van der Waals surface area contributed by atoms with Gasteiger partial charge in [-0.15, -0.1) is 0 Å². The molecule has 0 amide bonds. The van der Waals surface area contributed by atoms with Gasteiger partial charge in [-0.25, -0.2) is 0 Å². The fourth-order valence-corrected chi connectivity index (χ4v) is 2.84. The Hall–Kier alpha value is -0.980. The number of nitro groups is 1. The predicted octanol–water partition coefficient (Wildman–Crippen LogP) is 2.56.